The third-order valence-electron chi connectivity index (χ3n) is 8.20. The Hall–Kier alpha value is -4.17. The Kier molecular flexibility index (Phi) is 11.6. The van der Waals surface area contributed by atoms with Crippen LogP contribution >= 0.6 is 11.6 Å². The second-order valence-electron chi connectivity index (χ2n) is 11.3. The third-order valence-corrected chi connectivity index (χ3v) is 8.45. The SMILES string of the molecule is COC(=O)NC(C(=O)Nc1ccccc1CC[C@@H]1CNC[C@@H](CCc2ccc(Cl)cc2)O1)C(c1ccccc1)c1ccccc1. The van der Waals surface area contributed by atoms with Gasteiger partial charge in [0.15, 0.2) is 0 Å². The minimum Gasteiger partial charge on any atom is -0.453 e. The van der Waals surface area contributed by atoms with Crippen LogP contribution in [0.1, 0.15) is 41.0 Å². The Labute approximate surface area is 270 Å². The third kappa shape index (κ3) is 9.17. The molecule has 7 nitrogen and oxygen atoms in total. The van der Waals surface area contributed by atoms with Crippen molar-refractivity contribution in [2.24, 2.45) is 0 Å². The Balaban J connectivity index is 1.27. The quantitative estimate of drug-likeness (QED) is 0.162. The number of alkyl carbamates (subject to hydrolysis) is 1. The molecular formula is C37H40ClN3O4. The molecule has 4 aromatic rings. The van der Waals surface area contributed by atoms with Gasteiger partial charge in [-0.25, -0.2) is 4.79 Å². The highest BCUT2D eigenvalue weighted by Gasteiger charge is 2.33. The molecule has 0 aliphatic carbocycles. The number of hydrogen-bond donors (Lipinski definition) is 3. The first-order valence-corrected chi connectivity index (χ1v) is 15.8. The molecule has 1 aliphatic heterocycles. The molecule has 0 spiro atoms. The van der Waals surface area contributed by atoms with E-state index in [0.717, 1.165) is 60.5 Å². The van der Waals surface area contributed by atoms with Crippen LogP contribution in [0.4, 0.5) is 10.5 Å². The van der Waals surface area contributed by atoms with Crippen LogP contribution in [-0.2, 0) is 27.1 Å². The van der Waals surface area contributed by atoms with E-state index in [0.29, 0.717) is 5.69 Å². The van der Waals surface area contributed by atoms with Gasteiger partial charge in [0, 0.05) is 29.7 Å². The first-order chi connectivity index (χ1) is 22.0. The smallest absolute Gasteiger partial charge is 0.407 e. The molecule has 1 unspecified atom stereocenters. The average molecular weight is 626 g/mol. The fraction of sp³-hybridized carbons (Fsp3) is 0.297. The lowest BCUT2D eigenvalue weighted by molar-refractivity contribution is -0.118. The topological polar surface area (TPSA) is 88.7 Å². The number of ether oxygens (including phenoxy) is 2. The van der Waals surface area contributed by atoms with Crippen LogP contribution in [0.25, 0.3) is 0 Å². The molecule has 3 atom stereocenters. The lowest BCUT2D eigenvalue weighted by atomic mass is 9.84. The summed E-state index contributed by atoms with van der Waals surface area (Å²) in [6, 6.07) is 34.3. The number of morpholine rings is 1. The Bertz CT molecular complexity index is 1480. The summed E-state index contributed by atoms with van der Waals surface area (Å²) in [6.07, 6.45) is 2.91. The van der Waals surface area contributed by atoms with Crippen LogP contribution in [0.5, 0.6) is 0 Å². The number of aryl methyl sites for hydroxylation is 2. The van der Waals surface area contributed by atoms with Crippen molar-refractivity contribution in [1.82, 2.24) is 10.6 Å². The van der Waals surface area contributed by atoms with E-state index in [-0.39, 0.29) is 18.1 Å². The zero-order valence-electron chi connectivity index (χ0n) is 25.5. The summed E-state index contributed by atoms with van der Waals surface area (Å²) in [7, 11) is 1.30. The van der Waals surface area contributed by atoms with Crippen LogP contribution < -0.4 is 16.0 Å². The summed E-state index contributed by atoms with van der Waals surface area (Å²) >= 11 is 6.03. The fourth-order valence-corrected chi connectivity index (χ4v) is 5.99. The van der Waals surface area contributed by atoms with Gasteiger partial charge in [-0.3, -0.25) is 4.79 Å². The first-order valence-electron chi connectivity index (χ1n) is 15.4. The second-order valence-corrected chi connectivity index (χ2v) is 11.7. The number of carbonyl (C=O) groups is 2. The van der Waals surface area contributed by atoms with E-state index >= 15 is 0 Å². The van der Waals surface area contributed by atoms with Gasteiger partial charge in [0.25, 0.3) is 0 Å². The molecule has 1 heterocycles. The van der Waals surface area contributed by atoms with Gasteiger partial charge >= 0.3 is 6.09 Å². The lowest BCUT2D eigenvalue weighted by Crippen LogP contribution is -2.48. The fourth-order valence-electron chi connectivity index (χ4n) is 5.86. The van der Waals surface area contributed by atoms with Gasteiger partial charge in [-0.05, 0) is 66.1 Å². The molecule has 8 heteroatoms. The first kappa shape index (κ1) is 32.2. The Morgan fingerprint density at radius 2 is 1.40 bits per heavy atom. The number of para-hydroxylation sites is 1. The Morgan fingerprint density at radius 3 is 2.02 bits per heavy atom. The molecule has 0 saturated carbocycles. The van der Waals surface area contributed by atoms with Crippen LogP contribution in [0, 0.1) is 0 Å². The van der Waals surface area contributed by atoms with E-state index in [4.69, 9.17) is 21.1 Å². The van der Waals surface area contributed by atoms with Gasteiger partial charge in [-0.2, -0.15) is 0 Å². The summed E-state index contributed by atoms with van der Waals surface area (Å²) in [4.78, 5) is 26.6. The zero-order chi connectivity index (χ0) is 31.4. The molecule has 45 heavy (non-hydrogen) atoms. The zero-order valence-corrected chi connectivity index (χ0v) is 26.2. The van der Waals surface area contributed by atoms with Gasteiger partial charge < -0.3 is 25.4 Å². The highest BCUT2D eigenvalue weighted by atomic mass is 35.5. The van der Waals surface area contributed by atoms with Crippen molar-refractivity contribution >= 4 is 29.3 Å². The van der Waals surface area contributed by atoms with Crippen molar-refractivity contribution in [3.63, 3.8) is 0 Å². The standard InChI is InChI=1S/C37H40ClN3O4/c1-44-37(43)41-35(34(28-11-4-2-5-12-28)29-13-6-3-7-14-29)36(42)40-33-15-9-8-10-27(33)19-23-32-25-39-24-31(45-32)22-18-26-16-20-30(38)21-17-26/h2-17,20-21,31-32,34-35,39H,18-19,22-25H2,1H3,(H,40,42)(H,41,43)/t31-,32-,35?/m1/s1. The molecule has 1 fully saturated rings. The lowest BCUT2D eigenvalue weighted by Gasteiger charge is -2.31. The normalized spacial score (nSPS) is 17.0. The van der Waals surface area contributed by atoms with E-state index in [1.54, 1.807) is 0 Å². The van der Waals surface area contributed by atoms with Crippen molar-refractivity contribution < 1.29 is 19.1 Å². The molecule has 1 aliphatic rings. The summed E-state index contributed by atoms with van der Waals surface area (Å²) in [5.41, 5.74) is 4.77. The van der Waals surface area contributed by atoms with E-state index in [9.17, 15) is 9.59 Å². The average Bonchev–Trinajstić information content (AvgIpc) is 3.08. The number of halogens is 1. The van der Waals surface area contributed by atoms with Gasteiger partial charge in [-0.1, -0.05) is 103 Å². The number of methoxy groups -OCH3 is 1. The maximum absolute atomic E-state index is 14.0. The molecular weight excluding hydrogens is 586 g/mol. The number of carbonyl (C=O) groups excluding carboxylic acids is 2. The van der Waals surface area contributed by atoms with E-state index in [2.05, 4.69) is 28.1 Å². The number of anilines is 1. The minimum absolute atomic E-state index is 0.0620. The summed E-state index contributed by atoms with van der Waals surface area (Å²) < 4.78 is 11.4. The van der Waals surface area contributed by atoms with E-state index in [1.807, 2.05) is 97.1 Å². The largest absolute Gasteiger partial charge is 0.453 e. The van der Waals surface area contributed by atoms with Crippen LogP contribution in [0.2, 0.25) is 5.02 Å². The maximum atomic E-state index is 14.0. The summed E-state index contributed by atoms with van der Waals surface area (Å²) in [5.74, 6) is -0.770. The predicted molar refractivity (Wildman–Crippen MR) is 179 cm³/mol. The molecule has 0 bridgehead atoms. The Morgan fingerprint density at radius 1 is 0.822 bits per heavy atom. The van der Waals surface area contributed by atoms with Crippen molar-refractivity contribution in [2.45, 2.75) is 49.9 Å². The molecule has 1 saturated heterocycles. The number of amides is 2. The molecule has 2 amide bonds. The second kappa shape index (κ2) is 16.2. The molecule has 0 aromatic heterocycles. The highest BCUT2D eigenvalue weighted by Crippen LogP contribution is 2.30. The van der Waals surface area contributed by atoms with Gasteiger partial charge in [-0.15, -0.1) is 0 Å². The van der Waals surface area contributed by atoms with Crippen LogP contribution in [0.15, 0.2) is 109 Å². The van der Waals surface area contributed by atoms with Crippen LogP contribution in [0.3, 0.4) is 0 Å². The molecule has 5 rings (SSSR count). The van der Waals surface area contributed by atoms with E-state index < -0.39 is 18.1 Å². The highest BCUT2D eigenvalue weighted by molar-refractivity contribution is 6.30. The van der Waals surface area contributed by atoms with Gasteiger partial charge in [0.1, 0.15) is 6.04 Å². The summed E-state index contributed by atoms with van der Waals surface area (Å²) in [6.45, 7) is 1.61. The number of rotatable bonds is 12. The summed E-state index contributed by atoms with van der Waals surface area (Å²) in [5, 5.41) is 10.2. The van der Waals surface area contributed by atoms with Crippen molar-refractivity contribution in [2.75, 3.05) is 25.5 Å². The molecule has 4 aromatic carbocycles. The van der Waals surface area contributed by atoms with Gasteiger partial charge in [0.05, 0.1) is 19.3 Å². The molecule has 0 radical (unpaired) electrons. The molecule has 3 N–H and O–H groups in total. The van der Waals surface area contributed by atoms with Crippen LogP contribution in [-0.4, -0.2) is 50.4 Å². The number of benzene rings is 4. The number of nitrogens with one attached hydrogen (secondary N) is 3. The molecule has 234 valence electrons. The minimum atomic E-state index is -0.928. The maximum Gasteiger partial charge on any atom is 0.407 e. The van der Waals surface area contributed by atoms with E-state index in [1.165, 1.54) is 12.7 Å². The number of hydrogen-bond acceptors (Lipinski definition) is 5. The van der Waals surface area contributed by atoms with Crippen molar-refractivity contribution in [3.05, 3.63) is 136 Å². The van der Waals surface area contributed by atoms with Crippen molar-refractivity contribution in [1.29, 1.82) is 0 Å². The van der Waals surface area contributed by atoms with Gasteiger partial charge in [0.2, 0.25) is 5.91 Å². The monoisotopic (exact) mass is 625 g/mol. The predicted octanol–water partition coefficient (Wildman–Crippen LogP) is 6.76. The van der Waals surface area contributed by atoms with Crippen molar-refractivity contribution in [3.8, 4) is 0 Å².